The van der Waals surface area contributed by atoms with Gasteiger partial charge in [0.05, 0.1) is 0 Å². The van der Waals surface area contributed by atoms with Gasteiger partial charge in [0.15, 0.2) is 0 Å². The van der Waals surface area contributed by atoms with E-state index in [9.17, 15) is 29.1 Å². The fourth-order valence-corrected chi connectivity index (χ4v) is 6.89. The molecular formula is C41H75N5O9. The lowest BCUT2D eigenvalue weighted by molar-refractivity contribution is -0.138. The van der Waals surface area contributed by atoms with Crippen molar-refractivity contribution in [3.05, 3.63) is 0 Å². The third kappa shape index (κ3) is 26.3. The first-order valence-corrected chi connectivity index (χ1v) is 20.8. The smallest absolute Gasteiger partial charge is 0.303 e. The molecule has 0 saturated heterocycles. The van der Waals surface area contributed by atoms with Crippen LogP contribution in [0.25, 0.3) is 0 Å². The highest BCUT2D eigenvalue weighted by Gasteiger charge is 2.27. The molecule has 1 aliphatic rings. The summed E-state index contributed by atoms with van der Waals surface area (Å²) in [6, 6.07) is -0.939. The number of aliphatic hydroxyl groups is 1. The highest BCUT2D eigenvalue weighted by atomic mass is 16.6. The summed E-state index contributed by atoms with van der Waals surface area (Å²) in [6.07, 6.45) is 14.9. The van der Waals surface area contributed by atoms with Gasteiger partial charge in [-0.3, -0.25) is 29.3 Å². The SMILES string of the molecule is CC=NOCCCCNC(=O)C(CCC(=O)O)NC(=O)CCCNC(O)C1CCC(CNC(=O)CCCCCCC(C)(C)CCC(C)(C)CCC(=O)O)CC1. The number of hydrogen-bond acceptors (Lipinski definition) is 9. The predicted molar refractivity (Wildman–Crippen MR) is 214 cm³/mol. The molecule has 2 unspecified atom stereocenters. The molecule has 14 nitrogen and oxygen atoms in total. The lowest BCUT2D eigenvalue weighted by atomic mass is 9.75. The number of oxime groups is 1. The summed E-state index contributed by atoms with van der Waals surface area (Å²) in [5.74, 6) is -1.94. The van der Waals surface area contributed by atoms with Crippen LogP contribution in [0.4, 0.5) is 0 Å². The summed E-state index contributed by atoms with van der Waals surface area (Å²) in [6.45, 7) is 12.5. The molecule has 7 N–H and O–H groups in total. The van der Waals surface area contributed by atoms with Crippen molar-refractivity contribution in [3.8, 4) is 0 Å². The Bertz CT molecular complexity index is 1160. The van der Waals surface area contributed by atoms with Gasteiger partial charge in [-0.1, -0.05) is 52.1 Å². The maximum Gasteiger partial charge on any atom is 0.303 e. The molecule has 1 fully saturated rings. The molecule has 1 rings (SSSR count). The number of rotatable bonds is 32. The van der Waals surface area contributed by atoms with Crippen LogP contribution in [0.15, 0.2) is 5.16 Å². The Hall–Kier alpha value is -3.26. The monoisotopic (exact) mass is 782 g/mol. The molecule has 1 saturated carbocycles. The molecule has 3 amide bonds. The van der Waals surface area contributed by atoms with E-state index in [0.29, 0.717) is 64.3 Å². The van der Waals surface area contributed by atoms with Crippen molar-refractivity contribution in [3.63, 3.8) is 0 Å². The number of carboxylic acids is 2. The molecule has 0 bridgehead atoms. The van der Waals surface area contributed by atoms with E-state index in [1.54, 1.807) is 13.1 Å². The molecule has 0 spiro atoms. The van der Waals surface area contributed by atoms with Crippen LogP contribution in [0.5, 0.6) is 0 Å². The van der Waals surface area contributed by atoms with E-state index in [2.05, 4.69) is 54.1 Å². The molecule has 14 heteroatoms. The van der Waals surface area contributed by atoms with E-state index in [-0.39, 0.29) is 54.2 Å². The van der Waals surface area contributed by atoms with Crippen molar-refractivity contribution < 1.29 is 44.1 Å². The van der Waals surface area contributed by atoms with E-state index >= 15 is 0 Å². The Labute approximate surface area is 330 Å². The summed E-state index contributed by atoms with van der Waals surface area (Å²) in [5, 5.41) is 44.1. The van der Waals surface area contributed by atoms with Gasteiger partial charge >= 0.3 is 11.9 Å². The number of nitrogens with one attached hydrogen (secondary N) is 4. The maximum atomic E-state index is 12.6. The molecule has 0 heterocycles. The van der Waals surface area contributed by atoms with Crippen LogP contribution in [-0.4, -0.2) is 89.7 Å². The van der Waals surface area contributed by atoms with Crippen LogP contribution in [0.1, 0.15) is 163 Å². The average Bonchev–Trinajstić information content (AvgIpc) is 3.13. The van der Waals surface area contributed by atoms with Crippen molar-refractivity contribution in [2.75, 3.05) is 26.2 Å². The van der Waals surface area contributed by atoms with E-state index in [4.69, 9.17) is 15.1 Å². The molecule has 0 aliphatic heterocycles. The number of amides is 3. The highest BCUT2D eigenvalue weighted by Crippen LogP contribution is 2.37. The normalized spacial score (nSPS) is 17.3. The fraction of sp³-hybridized carbons (Fsp3) is 0.854. The third-order valence-corrected chi connectivity index (χ3v) is 10.8. The van der Waals surface area contributed by atoms with Crippen LogP contribution in [0.2, 0.25) is 0 Å². The summed E-state index contributed by atoms with van der Waals surface area (Å²) < 4.78 is 0. The summed E-state index contributed by atoms with van der Waals surface area (Å²) in [4.78, 5) is 64.7. The lowest BCUT2D eigenvalue weighted by Gasteiger charge is -2.32. The zero-order chi connectivity index (χ0) is 41.1. The minimum absolute atomic E-state index is 0.00906. The molecule has 0 radical (unpaired) electrons. The number of aliphatic hydroxyl groups excluding tert-OH is 1. The van der Waals surface area contributed by atoms with Crippen LogP contribution < -0.4 is 21.3 Å². The van der Waals surface area contributed by atoms with E-state index in [0.717, 1.165) is 70.6 Å². The second kappa shape index (κ2) is 28.2. The Kier molecular flexibility index (Phi) is 25.5. The number of carbonyl (C=O) groups is 5. The predicted octanol–water partition coefficient (Wildman–Crippen LogP) is 5.90. The van der Waals surface area contributed by atoms with Gasteiger partial charge in [0.25, 0.3) is 0 Å². The summed E-state index contributed by atoms with van der Waals surface area (Å²) in [7, 11) is 0. The van der Waals surface area contributed by atoms with Crippen LogP contribution in [-0.2, 0) is 28.8 Å². The van der Waals surface area contributed by atoms with Crippen molar-refractivity contribution in [1.82, 2.24) is 21.3 Å². The van der Waals surface area contributed by atoms with Gasteiger partial charge in [0.1, 0.15) is 18.9 Å². The standard InChI is InChI=1S/C41H75N5O9/c1-6-45-55-29-12-11-27-43-39(54)33(20-21-36(49)50)46-35(48)15-13-28-42-38(53)32-18-16-31(17-19-32)30-44-34(47)14-9-7-8-10-23-40(2,3)25-26-41(4,5)24-22-37(51)52/h6,31-33,38,42,53H,7-30H2,1-5H3,(H,43,54)(H,44,47)(H,46,48)(H,49,50)(H,51,52). The maximum absolute atomic E-state index is 12.6. The van der Waals surface area contributed by atoms with Crippen LogP contribution in [0, 0.1) is 22.7 Å². The molecule has 2 atom stereocenters. The van der Waals surface area contributed by atoms with E-state index < -0.39 is 30.1 Å². The molecule has 55 heavy (non-hydrogen) atoms. The number of hydrogen-bond donors (Lipinski definition) is 7. The van der Waals surface area contributed by atoms with Gasteiger partial charge in [0, 0.05) is 45.0 Å². The summed E-state index contributed by atoms with van der Waals surface area (Å²) in [5.41, 5.74) is 0.260. The Morgan fingerprint density at radius 1 is 0.727 bits per heavy atom. The van der Waals surface area contributed by atoms with Gasteiger partial charge in [-0.15, -0.1) is 0 Å². The van der Waals surface area contributed by atoms with Crippen molar-refractivity contribution in [2.45, 2.75) is 175 Å². The average molecular weight is 782 g/mol. The van der Waals surface area contributed by atoms with Crippen molar-refractivity contribution >= 4 is 35.9 Å². The molecule has 0 aromatic rings. The Morgan fingerprint density at radius 2 is 1.36 bits per heavy atom. The lowest BCUT2D eigenvalue weighted by Crippen LogP contribution is -2.47. The molecular weight excluding hydrogens is 706 g/mol. The molecule has 318 valence electrons. The second-order valence-electron chi connectivity index (χ2n) is 17.0. The number of nitrogens with zero attached hydrogens (tertiary/aromatic N) is 1. The van der Waals surface area contributed by atoms with Crippen molar-refractivity contribution in [2.24, 2.45) is 27.8 Å². The number of unbranched alkanes of at least 4 members (excludes halogenated alkanes) is 4. The summed E-state index contributed by atoms with van der Waals surface area (Å²) >= 11 is 0. The van der Waals surface area contributed by atoms with Gasteiger partial charge in [-0.2, -0.15) is 0 Å². The fourth-order valence-electron chi connectivity index (χ4n) is 6.89. The van der Waals surface area contributed by atoms with Crippen LogP contribution >= 0.6 is 0 Å². The molecule has 0 aromatic carbocycles. The number of aliphatic carboxylic acids is 2. The Morgan fingerprint density at radius 3 is 2.02 bits per heavy atom. The van der Waals surface area contributed by atoms with Crippen molar-refractivity contribution in [1.29, 1.82) is 0 Å². The van der Waals surface area contributed by atoms with Crippen LogP contribution in [0.3, 0.4) is 0 Å². The number of carbonyl (C=O) groups excluding carboxylic acids is 3. The first-order valence-electron chi connectivity index (χ1n) is 20.8. The van der Waals surface area contributed by atoms with Gasteiger partial charge in [-0.25, -0.2) is 0 Å². The van der Waals surface area contributed by atoms with Gasteiger partial charge in [-0.05, 0) is 120 Å². The second-order valence-corrected chi connectivity index (χ2v) is 17.0. The minimum Gasteiger partial charge on any atom is -0.481 e. The van der Waals surface area contributed by atoms with Gasteiger partial charge < -0.3 is 36.1 Å². The quantitative estimate of drug-likeness (QED) is 0.0186. The molecule has 1 aliphatic carbocycles. The van der Waals surface area contributed by atoms with E-state index in [1.165, 1.54) is 0 Å². The zero-order valence-electron chi connectivity index (χ0n) is 34.6. The first kappa shape index (κ1) is 49.8. The first-order chi connectivity index (χ1) is 26.0. The minimum atomic E-state index is -1.04. The largest absolute Gasteiger partial charge is 0.481 e. The van der Waals surface area contributed by atoms with Gasteiger partial charge in [0.2, 0.25) is 17.7 Å². The third-order valence-electron chi connectivity index (χ3n) is 10.8. The zero-order valence-corrected chi connectivity index (χ0v) is 34.6. The topological polar surface area (TPSA) is 216 Å². The molecule has 0 aromatic heterocycles. The Balaban J connectivity index is 2.20. The van der Waals surface area contributed by atoms with E-state index in [1.807, 2.05) is 0 Å². The highest BCUT2D eigenvalue weighted by molar-refractivity contribution is 5.88. The number of carboxylic acid groups (broad SMARTS) is 2.